The molecule has 2 nitrogen and oxygen atoms in total. The summed E-state index contributed by atoms with van der Waals surface area (Å²) >= 11 is 4.00. The van der Waals surface area contributed by atoms with Crippen molar-refractivity contribution >= 4 is 41.2 Å². The Labute approximate surface area is 69.3 Å². The van der Waals surface area contributed by atoms with Crippen LogP contribution in [0.1, 0.15) is 1.43 Å². The van der Waals surface area contributed by atoms with Crippen LogP contribution in [-0.2, 0) is 16.3 Å². The SMILES string of the molecule is Cl.O=S.[H-].[Li+].[O]=[Al]. The van der Waals surface area contributed by atoms with Gasteiger partial charge in [-0.25, -0.2) is 0 Å². The quantitative estimate of drug-likeness (QED) is 0.327. The van der Waals surface area contributed by atoms with E-state index in [2.05, 4.69) is 12.5 Å². The summed E-state index contributed by atoms with van der Waals surface area (Å²) in [6.07, 6.45) is 0. The third kappa shape index (κ3) is 61.3. The molecule has 31 valence electrons. The molecule has 0 saturated heterocycles. The monoisotopic (exact) mass is 135 g/mol. The van der Waals surface area contributed by atoms with Gasteiger partial charge in [-0.15, -0.1) is 12.4 Å². The second kappa shape index (κ2) is 111. The van der Waals surface area contributed by atoms with Crippen LogP contribution in [0.15, 0.2) is 0 Å². The van der Waals surface area contributed by atoms with Gasteiger partial charge in [-0.05, 0) is 0 Å². The van der Waals surface area contributed by atoms with E-state index >= 15 is 0 Å². The Morgan fingerprint density at radius 1 is 1.33 bits per heavy atom. The minimum absolute atomic E-state index is 0. The van der Waals surface area contributed by atoms with Crippen molar-refractivity contribution in [3.8, 4) is 0 Å². The molecule has 0 aromatic carbocycles. The van der Waals surface area contributed by atoms with Gasteiger partial charge in [-0.2, -0.15) is 4.21 Å². The summed E-state index contributed by atoms with van der Waals surface area (Å²) in [5.74, 6) is 0. The van der Waals surface area contributed by atoms with E-state index in [1.165, 1.54) is 16.2 Å². The maximum atomic E-state index is 8.17. The zero-order valence-corrected chi connectivity index (χ0v) is 6.00. The van der Waals surface area contributed by atoms with Crippen molar-refractivity contribution in [2.24, 2.45) is 0 Å². The molecule has 0 amide bonds. The molecule has 0 bridgehead atoms. The van der Waals surface area contributed by atoms with E-state index in [1.807, 2.05) is 0 Å². The Morgan fingerprint density at radius 3 is 1.33 bits per heavy atom. The molecule has 0 saturated carbocycles. The third-order valence-corrected chi connectivity index (χ3v) is 0. The molecule has 0 unspecified atom stereocenters. The predicted molar refractivity (Wildman–Crippen MR) is 22.9 cm³/mol. The van der Waals surface area contributed by atoms with Crippen LogP contribution in [0.25, 0.3) is 0 Å². The fourth-order valence-corrected chi connectivity index (χ4v) is 0. The molecule has 6 heavy (non-hydrogen) atoms. The van der Waals surface area contributed by atoms with Crippen LogP contribution < -0.4 is 18.9 Å². The molecule has 0 fully saturated rings. The first-order valence-corrected chi connectivity index (χ1v) is 1.21. The molecule has 0 spiro atoms. The minimum atomic E-state index is 0. The van der Waals surface area contributed by atoms with Gasteiger partial charge >= 0.3 is 38.9 Å². The van der Waals surface area contributed by atoms with E-state index in [9.17, 15) is 0 Å². The molecule has 0 aliphatic carbocycles. The van der Waals surface area contributed by atoms with Gasteiger partial charge in [0, 0.05) is 0 Å². The van der Waals surface area contributed by atoms with Crippen molar-refractivity contribution in [2.45, 2.75) is 0 Å². The standard InChI is InChI=1S/Al.ClH.Li.OS.O.H/c;;;1-2;;/h;1H;;;;/q;;+1;;;-1. The fourth-order valence-electron chi connectivity index (χ4n) is 0. The van der Waals surface area contributed by atoms with Gasteiger partial charge in [0.05, 0.1) is 0 Å². The van der Waals surface area contributed by atoms with E-state index < -0.39 is 0 Å². The van der Waals surface area contributed by atoms with Gasteiger partial charge < -0.3 is 1.43 Å². The Morgan fingerprint density at radius 2 is 1.33 bits per heavy atom. The van der Waals surface area contributed by atoms with E-state index in [-0.39, 0.29) is 32.7 Å². The van der Waals surface area contributed by atoms with Crippen LogP contribution in [0, 0.1) is 0 Å². The summed E-state index contributed by atoms with van der Waals surface area (Å²) in [5, 5.41) is 0. The molecule has 0 aliphatic heterocycles. The van der Waals surface area contributed by atoms with Gasteiger partial charge in [0.1, 0.15) is 0 Å². The zero-order valence-electron chi connectivity index (χ0n) is 4.21. The molecule has 0 heterocycles. The molecule has 0 aromatic heterocycles. The molecule has 0 atom stereocenters. The fraction of sp³-hybridized carbons (Fsp3) is 0. The number of hydrogen-bond acceptors (Lipinski definition) is 3. The predicted octanol–water partition coefficient (Wildman–Crippen LogP) is -3.30. The second-order valence-electron chi connectivity index (χ2n) is 0. The molecular formula is H2AlClLiO2S. The molecule has 0 rings (SSSR count). The van der Waals surface area contributed by atoms with Crippen molar-refractivity contribution in [1.29, 1.82) is 0 Å². The summed E-state index contributed by atoms with van der Waals surface area (Å²) in [7, 11) is 0. The van der Waals surface area contributed by atoms with Crippen molar-refractivity contribution in [3.05, 3.63) is 0 Å². The van der Waals surface area contributed by atoms with E-state index in [0.717, 1.165) is 0 Å². The first-order valence-electron chi connectivity index (χ1n) is 0.402. The second-order valence-corrected chi connectivity index (χ2v) is 0. The number of halogens is 1. The summed E-state index contributed by atoms with van der Waals surface area (Å²) in [6, 6.07) is 0. The van der Waals surface area contributed by atoms with Crippen LogP contribution >= 0.6 is 12.4 Å². The average Bonchev–Trinajstić information content (AvgIpc) is 1.50. The van der Waals surface area contributed by atoms with Crippen LogP contribution in [0.3, 0.4) is 0 Å². The summed E-state index contributed by atoms with van der Waals surface area (Å²) in [4.78, 5) is 0. The summed E-state index contributed by atoms with van der Waals surface area (Å²) in [6.45, 7) is 0. The van der Waals surface area contributed by atoms with Crippen LogP contribution in [-0.4, -0.2) is 20.4 Å². The summed E-state index contributed by atoms with van der Waals surface area (Å²) < 4.78 is 16.0. The van der Waals surface area contributed by atoms with Gasteiger partial charge in [0.2, 0.25) is 0 Å². The first-order chi connectivity index (χ1) is 2.00. The van der Waals surface area contributed by atoms with E-state index in [1.54, 1.807) is 0 Å². The van der Waals surface area contributed by atoms with Gasteiger partial charge in [-0.1, -0.05) is 0 Å². The average molecular weight is 135 g/mol. The Kier molecular flexibility index (Phi) is 499. The van der Waals surface area contributed by atoms with Gasteiger partial charge in [-0.3, -0.25) is 0 Å². The van der Waals surface area contributed by atoms with Crippen molar-refractivity contribution in [2.75, 3.05) is 0 Å². The van der Waals surface area contributed by atoms with Gasteiger partial charge in [0.15, 0.2) is 12.5 Å². The molecule has 0 aliphatic rings. The van der Waals surface area contributed by atoms with Crippen molar-refractivity contribution in [3.63, 3.8) is 0 Å². The molecular weight excluding hydrogens is 133 g/mol. The Balaban J connectivity index is -0.00000000267. The zero-order chi connectivity index (χ0) is 4.00. The molecule has 6 heteroatoms. The van der Waals surface area contributed by atoms with Crippen molar-refractivity contribution < 1.29 is 28.3 Å². The third-order valence-electron chi connectivity index (χ3n) is 0. The van der Waals surface area contributed by atoms with Crippen LogP contribution in [0.5, 0.6) is 0 Å². The van der Waals surface area contributed by atoms with Gasteiger partial charge in [0.25, 0.3) is 0 Å². The molecule has 0 N–H and O–H groups in total. The number of hydrogen-bond donors (Lipinski definition) is 0. The summed E-state index contributed by atoms with van der Waals surface area (Å²) in [5.41, 5.74) is 0. The molecule has 0 aromatic rings. The van der Waals surface area contributed by atoms with Crippen molar-refractivity contribution in [1.82, 2.24) is 0 Å². The van der Waals surface area contributed by atoms with E-state index in [4.69, 9.17) is 8.01 Å². The topological polar surface area (TPSA) is 34.1 Å². The first kappa shape index (κ1) is 26.9. The van der Waals surface area contributed by atoms with Crippen LogP contribution in [0.2, 0.25) is 0 Å². The van der Waals surface area contributed by atoms with E-state index in [0.29, 0.717) is 0 Å². The van der Waals surface area contributed by atoms with Crippen LogP contribution in [0.4, 0.5) is 0 Å². The molecule has 1 radical (unpaired) electrons. The Bertz CT molecular complexity index is 19.7. The maximum absolute atomic E-state index is 8.17. The Hall–Kier alpha value is 1.24. The normalized spacial score (nSPS) is 1.17. The number of rotatable bonds is 0.